The van der Waals surface area contributed by atoms with Crippen LogP contribution in [0.1, 0.15) is 20.3 Å². The second-order valence-corrected chi connectivity index (χ2v) is 2.24. The minimum absolute atomic E-state index is 0.329. The highest BCUT2D eigenvalue weighted by Gasteiger charge is 2.24. The molecule has 0 radical (unpaired) electrons. The standard InChI is InChI=1S/C5H13N3O/c1-3-5(2,6)4(9)8-7/h3,6-7H2,1-2H3,(H,8,9). The molecule has 0 bridgehead atoms. The zero-order chi connectivity index (χ0) is 7.49. The minimum atomic E-state index is -0.825. The second-order valence-electron chi connectivity index (χ2n) is 2.24. The molecule has 54 valence electrons. The van der Waals surface area contributed by atoms with Gasteiger partial charge < -0.3 is 5.73 Å². The third kappa shape index (κ3) is 1.99. The van der Waals surface area contributed by atoms with Crippen LogP contribution in [-0.2, 0) is 4.79 Å². The first-order chi connectivity index (χ1) is 4.04. The van der Waals surface area contributed by atoms with E-state index >= 15 is 0 Å². The zero-order valence-electron chi connectivity index (χ0n) is 5.77. The van der Waals surface area contributed by atoms with Crippen molar-refractivity contribution in [1.82, 2.24) is 5.43 Å². The quantitative estimate of drug-likeness (QED) is 0.258. The molecule has 0 spiro atoms. The molecular formula is C5H13N3O. The van der Waals surface area contributed by atoms with Crippen molar-refractivity contribution >= 4 is 5.91 Å². The molecule has 0 aliphatic rings. The van der Waals surface area contributed by atoms with E-state index in [1.165, 1.54) is 0 Å². The van der Waals surface area contributed by atoms with Crippen molar-refractivity contribution in [2.24, 2.45) is 11.6 Å². The van der Waals surface area contributed by atoms with Crippen molar-refractivity contribution in [3.8, 4) is 0 Å². The second kappa shape index (κ2) is 2.80. The topological polar surface area (TPSA) is 81.1 Å². The summed E-state index contributed by atoms with van der Waals surface area (Å²) in [4.78, 5) is 10.7. The van der Waals surface area contributed by atoms with E-state index in [9.17, 15) is 4.79 Å². The summed E-state index contributed by atoms with van der Waals surface area (Å²) in [6.07, 6.45) is 0.579. The largest absolute Gasteiger partial charge is 0.318 e. The Morgan fingerprint density at radius 3 is 2.33 bits per heavy atom. The molecular weight excluding hydrogens is 118 g/mol. The Hall–Kier alpha value is -0.610. The molecule has 0 aromatic heterocycles. The van der Waals surface area contributed by atoms with Gasteiger partial charge in [-0.25, -0.2) is 5.84 Å². The first-order valence-corrected chi connectivity index (χ1v) is 2.84. The maximum atomic E-state index is 10.7. The van der Waals surface area contributed by atoms with Gasteiger partial charge in [0.2, 0.25) is 0 Å². The van der Waals surface area contributed by atoms with Crippen LogP contribution in [0.4, 0.5) is 0 Å². The summed E-state index contributed by atoms with van der Waals surface area (Å²) in [5.74, 6) is 4.53. The van der Waals surface area contributed by atoms with E-state index in [0.29, 0.717) is 6.42 Å². The predicted molar refractivity (Wildman–Crippen MR) is 35.2 cm³/mol. The highest BCUT2D eigenvalue weighted by Crippen LogP contribution is 2.02. The lowest BCUT2D eigenvalue weighted by atomic mass is 10.0. The molecule has 1 atom stereocenters. The van der Waals surface area contributed by atoms with E-state index in [-0.39, 0.29) is 5.91 Å². The van der Waals surface area contributed by atoms with Crippen molar-refractivity contribution < 1.29 is 4.79 Å². The lowest BCUT2D eigenvalue weighted by Crippen LogP contribution is -2.53. The Balaban J connectivity index is 3.97. The molecule has 1 amide bonds. The summed E-state index contributed by atoms with van der Waals surface area (Å²) < 4.78 is 0. The number of hydrogen-bond acceptors (Lipinski definition) is 3. The summed E-state index contributed by atoms with van der Waals surface area (Å²) in [5.41, 5.74) is 6.65. The minimum Gasteiger partial charge on any atom is -0.318 e. The van der Waals surface area contributed by atoms with Gasteiger partial charge in [0.25, 0.3) is 5.91 Å². The van der Waals surface area contributed by atoms with Gasteiger partial charge in [0, 0.05) is 0 Å². The summed E-state index contributed by atoms with van der Waals surface area (Å²) in [5, 5.41) is 0. The van der Waals surface area contributed by atoms with Crippen molar-refractivity contribution in [2.45, 2.75) is 25.8 Å². The SMILES string of the molecule is CCC(C)(N)C(=O)NN. The van der Waals surface area contributed by atoms with Crippen LogP contribution in [0.2, 0.25) is 0 Å². The van der Waals surface area contributed by atoms with Crippen LogP contribution in [0.5, 0.6) is 0 Å². The van der Waals surface area contributed by atoms with Crippen LogP contribution < -0.4 is 17.0 Å². The van der Waals surface area contributed by atoms with Gasteiger partial charge in [0.05, 0.1) is 5.54 Å². The molecule has 0 aliphatic heterocycles. The van der Waals surface area contributed by atoms with Gasteiger partial charge in [-0.1, -0.05) is 6.92 Å². The van der Waals surface area contributed by atoms with Gasteiger partial charge in [-0.15, -0.1) is 0 Å². The first-order valence-electron chi connectivity index (χ1n) is 2.84. The number of carbonyl (C=O) groups excluding carboxylic acids is 1. The molecule has 0 fully saturated rings. The zero-order valence-corrected chi connectivity index (χ0v) is 5.77. The number of nitrogens with two attached hydrogens (primary N) is 2. The summed E-state index contributed by atoms with van der Waals surface area (Å²) in [6, 6.07) is 0. The normalized spacial score (nSPS) is 16.4. The predicted octanol–water partition coefficient (Wildman–Crippen LogP) is -0.896. The van der Waals surface area contributed by atoms with Crippen molar-refractivity contribution in [3.63, 3.8) is 0 Å². The van der Waals surface area contributed by atoms with Gasteiger partial charge >= 0.3 is 0 Å². The van der Waals surface area contributed by atoms with Crippen molar-refractivity contribution in [2.75, 3.05) is 0 Å². The van der Waals surface area contributed by atoms with E-state index in [0.717, 1.165) is 0 Å². The Morgan fingerprint density at radius 1 is 1.78 bits per heavy atom. The van der Waals surface area contributed by atoms with Gasteiger partial charge in [-0.2, -0.15) is 0 Å². The maximum absolute atomic E-state index is 10.7. The average molecular weight is 131 g/mol. The molecule has 9 heavy (non-hydrogen) atoms. The Bertz CT molecular complexity index is 111. The first kappa shape index (κ1) is 8.39. The lowest BCUT2D eigenvalue weighted by Gasteiger charge is -2.19. The molecule has 0 heterocycles. The fraction of sp³-hybridized carbons (Fsp3) is 0.800. The van der Waals surface area contributed by atoms with Crippen molar-refractivity contribution in [3.05, 3.63) is 0 Å². The molecule has 1 unspecified atom stereocenters. The Morgan fingerprint density at radius 2 is 2.22 bits per heavy atom. The van der Waals surface area contributed by atoms with Gasteiger partial charge in [-0.05, 0) is 13.3 Å². The lowest BCUT2D eigenvalue weighted by molar-refractivity contribution is -0.125. The monoisotopic (exact) mass is 131 g/mol. The average Bonchev–Trinajstić information content (AvgIpc) is 1.86. The molecule has 0 rings (SSSR count). The Labute approximate surface area is 54.6 Å². The smallest absolute Gasteiger partial charge is 0.253 e. The van der Waals surface area contributed by atoms with Crippen LogP contribution >= 0.6 is 0 Å². The van der Waals surface area contributed by atoms with Crippen LogP contribution in [0.25, 0.3) is 0 Å². The molecule has 0 saturated heterocycles. The number of amides is 1. The molecule has 4 heteroatoms. The molecule has 0 aromatic carbocycles. The molecule has 0 aliphatic carbocycles. The summed E-state index contributed by atoms with van der Waals surface area (Å²) in [7, 11) is 0. The van der Waals surface area contributed by atoms with E-state index in [2.05, 4.69) is 0 Å². The summed E-state index contributed by atoms with van der Waals surface area (Å²) in [6.45, 7) is 3.46. The highest BCUT2D eigenvalue weighted by molar-refractivity contribution is 5.84. The third-order valence-corrected chi connectivity index (χ3v) is 1.38. The van der Waals surface area contributed by atoms with Gasteiger partial charge in [-0.3, -0.25) is 10.2 Å². The van der Waals surface area contributed by atoms with Crippen LogP contribution in [-0.4, -0.2) is 11.4 Å². The highest BCUT2D eigenvalue weighted by atomic mass is 16.2. The van der Waals surface area contributed by atoms with Crippen molar-refractivity contribution in [1.29, 1.82) is 0 Å². The molecule has 0 saturated carbocycles. The van der Waals surface area contributed by atoms with E-state index < -0.39 is 5.54 Å². The summed E-state index contributed by atoms with van der Waals surface area (Å²) >= 11 is 0. The molecule has 4 nitrogen and oxygen atoms in total. The fourth-order valence-corrected chi connectivity index (χ4v) is 0.325. The number of hydrazine groups is 1. The number of nitrogens with one attached hydrogen (secondary N) is 1. The van der Waals surface area contributed by atoms with Crippen LogP contribution in [0.3, 0.4) is 0 Å². The molecule has 5 N–H and O–H groups in total. The number of rotatable bonds is 2. The number of carbonyl (C=O) groups is 1. The molecule has 0 aromatic rings. The van der Waals surface area contributed by atoms with E-state index in [1.807, 2.05) is 12.3 Å². The van der Waals surface area contributed by atoms with Gasteiger partial charge in [0.15, 0.2) is 0 Å². The van der Waals surface area contributed by atoms with Crippen LogP contribution in [0, 0.1) is 0 Å². The Kier molecular flexibility index (Phi) is 2.61. The fourth-order valence-electron chi connectivity index (χ4n) is 0.325. The van der Waals surface area contributed by atoms with Gasteiger partial charge in [0.1, 0.15) is 0 Å². The van der Waals surface area contributed by atoms with E-state index in [4.69, 9.17) is 11.6 Å². The number of hydrogen-bond donors (Lipinski definition) is 3. The van der Waals surface area contributed by atoms with E-state index in [1.54, 1.807) is 6.92 Å². The third-order valence-electron chi connectivity index (χ3n) is 1.38. The van der Waals surface area contributed by atoms with Crippen LogP contribution in [0.15, 0.2) is 0 Å². The maximum Gasteiger partial charge on any atom is 0.253 e.